The second kappa shape index (κ2) is 5.56. The van der Waals surface area contributed by atoms with E-state index in [4.69, 9.17) is 10.5 Å². The van der Waals surface area contributed by atoms with Crippen molar-refractivity contribution in [3.63, 3.8) is 0 Å². The van der Waals surface area contributed by atoms with Crippen molar-refractivity contribution in [2.45, 2.75) is 38.8 Å². The SMILES string of the molecule is CC(C)(C)OCC(N)Cc1c(F)cccc1F. The van der Waals surface area contributed by atoms with Gasteiger partial charge in [0.2, 0.25) is 0 Å². The minimum absolute atomic E-state index is 0.0255. The Morgan fingerprint density at radius 3 is 2.24 bits per heavy atom. The topological polar surface area (TPSA) is 35.2 Å². The molecule has 0 fully saturated rings. The van der Waals surface area contributed by atoms with Crippen LogP contribution in [0.15, 0.2) is 18.2 Å². The summed E-state index contributed by atoms with van der Waals surface area (Å²) in [6.07, 6.45) is 0.134. The van der Waals surface area contributed by atoms with E-state index in [1.54, 1.807) is 0 Å². The third kappa shape index (κ3) is 4.79. The first kappa shape index (κ1) is 14.1. The molecule has 2 N–H and O–H groups in total. The van der Waals surface area contributed by atoms with Crippen molar-refractivity contribution in [1.29, 1.82) is 0 Å². The second-order valence-corrected chi connectivity index (χ2v) is 5.09. The Labute approximate surface area is 101 Å². The molecule has 1 aromatic carbocycles. The molecule has 1 unspecified atom stereocenters. The van der Waals surface area contributed by atoms with Crippen molar-refractivity contribution in [2.75, 3.05) is 6.61 Å². The summed E-state index contributed by atoms with van der Waals surface area (Å²) < 4.78 is 32.2. The van der Waals surface area contributed by atoms with Gasteiger partial charge in [0.25, 0.3) is 0 Å². The van der Waals surface area contributed by atoms with Crippen molar-refractivity contribution in [3.05, 3.63) is 35.4 Å². The zero-order valence-corrected chi connectivity index (χ0v) is 10.5. The zero-order valence-electron chi connectivity index (χ0n) is 10.5. The average molecular weight is 243 g/mol. The standard InChI is InChI=1S/C13H19F2NO/c1-13(2,3)17-8-9(16)7-10-11(14)5-4-6-12(10)15/h4-6,9H,7-8,16H2,1-3H3. The Balaban J connectivity index is 2.59. The van der Waals surface area contributed by atoms with E-state index in [9.17, 15) is 8.78 Å². The molecule has 2 nitrogen and oxygen atoms in total. The molecular formula is C13H19F2NO. The third-order valence-corrected chi connectivity index (χ3v) is 2.26. The average Bonchev–Trinajstić information content (AvgIpc) is 2.20. The fraction of sp³-hybridized carbons (Fsp3) is 0.538. The van der Waals surface area contributed by atoms with Gasteiger partial charge in [-0.15, -0.1) is 0 Å². The van der Waals surface area contributed by atoms with Crippen LogP contribution in [-0.4, -0.2) is 18.2 Å². The predicted molar refractivity (Wildman–Crippen MR) is 63.7 cm³/mol. The number of benzene rings is 1. The number of hydrogen-bond acceptors (Lipinski definition) is 2. The van der Waals surface area contributed by atoms with E-state index in [0.29, 0.717) is 0 Å². The van der Waals surface area contributed by atoms with E-state index >= 15 is 0 Å². The van der Waals surface area contributed by atoms with Crippen LogP contribution in [0.1, 0.15) is 26.3 Å². The molecule has 0 saturated carbocycles. The maximum absolute atomic E-state index is 13.3. The van der Waals surface area contributed by atoms with E-state index in [1.165, 1.54) is 18.2 Å². The van der Waals surface area contributed by atoms with E-state index < -0.39 is 17.7 Å². The molecule has 0 radical (unpaired) electrons. The highest BCUT2D eigenvalue weighted by Crippen LogP contribution is 2.15. The number of rotatable bonds is 4. The van der Waals surface area contributed by atoms with Gasteiger partial charge in [-0.2, -0.15) is 0 Å². The van der Waals surface area contributed by atoms with Crippen LogP contribution in [0.5, 0.6) is 0 Å². The summed E-state index contributed by atoms with van der Waals surface area (Å²) in [5, 5.41) is 0. The molecule has 0 amide bonds. The first-order valence-electron chi connectivity index (χ1n) is 5.62. The van der Waals surface area contributed by atoms with Gasteiger partial charge >= 0.3 is 0 Å². The summed E-state index contributed by atoms with van der Waals surface area (Å²) in [7, 11) is 0. The minimum atomic E-state index is -0.559. The van der Waals surface area contributed by atoms with Crippen LogP contribution >= 0.6 is 0 Å². The molecule has 1 aromatic rings. The van der Waals surface area contributed by atoms with Gasteiger partial charge in [-0.25, -0.2) is 8.78 Å². The molecule has 17 heavy (non-hydrogen) atoms. The fourth-order valence-electron chi connectivity index (χ4n) is 1.41. The van der Waals surface area contributed by atoms with Gasteiger partial charge in [0.05, 0.1) is 12.2 Å². The lowest BCUT2D eigenvalue weighted by atomic mass is 10.1. The number of nitrogens with two attached hydrogens (primary N) is 1. The highest BCUT2D eigenvalue weighted by atomic mass is 19.1. The molecule has 0 saturated heterocycles. The zero-order chi connectivity index (χ0) is 13.1. The van der Waals surface area contributed by atoms with Gasteiger partial charge in [0, 0.05) is 11.6 Å². The van der Waals surface area contributed by atoms with Crippen molar-refractivity contribution in [2.24, 2.45) is 5.73 Å². The van der Waals surface area contributed by atoms with Crippen LogP contribution in [0.4, 0.5) is 8.78 Å². The minimum Gasteiger partial charge on any atom is -0.374 e. The summed E-state index contributed by atoms with van der Waals surface area (Å²) in [6.45, 7) is 5.99. The van der Waals surface area contributed by atoms with Crippen LogP contribution < -0.4 is 5.73 Å². The van der Waals surface area contributed by atoms with Gasteiger partial charge in [-0.1, -0.05) is 6.07 Å². The van der Waals surface area contributed by atoms with Gasteiger partial charge in [0.15, 0.2) is 0 Å². The van der Waals surface area contributed by atoms with Crippen LogP contribution in [0.2, 0.25) is 0 Å². The normalized spacial score (nSPS) is 13.8. The summed E-state index contributed by atoms with van der Waals surface area (Å²) in [5.41, 5.74) is 5.52. The molecule has 0 heterocycles. The van der Waals surface area contributed by atoms with Gasteiger partial charge in [-0.3, -0.25) is 0 Å². The van der Waals surface area contributed by atoms with Crippen LogP contribution in [0.3, 0.4) is 0 Å². The summed E-state index contributed by atoms with van der Waals surface area (Å²) in [6, 6.07) is 3.39. The van der Waals surface area contributed by atoms with Crippen LogP contribution in [-0.2, 0) is 11.2 Å². The third-order valence-electron chi connectivity index (χ3n) is 2.26. The van der Waals surface area contributed by atoms with Crippen molar-refractivity contribution >= 4 is 0 Å². The van der Waals surface area contributed by atoms with E-state index in [2.05, 4.69) is 0 Å². The number of halogens is 2. The quantitative estimate of drug-likeness (QED) is 0.882. The molecule has 0 spiro atoms. The number of hydrogen-bond donors (Lipinski definition) is 1. The molecule has 0 aliphatic carbocycles. The Morgan fingerprint density at radius 2 is 1.76 bits per heavy atom. The first-order chi connectivity index (χ1) is 7.79. The van der Waals surface area contributed by atoms with Crippen LogP contribution in [0, 0.1) is 11.6 Å². The Kier molecular flexibility index (Phi) is 4.60. The molecule has 0 bridgehead atoms. The molecule has 0 aliphatic heterocycles. The highest BCUT2D eigenvalue weighted by molar-refractivity contribution is 5.20. The predicted octanol–water partition coefficient (Wildman–Crippen LogP) is 2.65. The van der Waals surface area contributed by atoms with Gasteiger partial charge < -0.3 is 10.5 Å². The molecule has 96 valence electrons. The lowest BCUT2D eigenvalue weighted by Crippen LogP contribution is -2.34. The van der Waals surface area contributed by atoms with E-state index in [-0.39, 0.29) is 24.2 Å². The molecule has 0 aromatic heterocycles. The molecule has 0 aliphatic rings. The maximum Gasteiger partial charge on any atom is 0.129 e. The van der Waals surface area contributed by atoms with Crippen molar-refractivity contribution < 1.29 is 13.5 Å². The lowest BCUT2D eigenvalue weighted by Gasteiger charge is -2.22. The van der Waals surface area contributed by atoms with E-state index in [1.807, 2.05) is 20.8 Å². The summed E-state index contributed by atoms with van der Waals surface area (Å²) >= 11 is 0. The van der Waals surface area contributed by atoms with Crippen LogP contribution in [0.25, 0.3) is 0 Å². The van der Waals surface area contributed by atoms with Crippen molar-refractivity contribution in [3.8, 4) is 0 Å². The molecule has 4 heteroatoms. The first-order valence-corrected chi connectivity index (χ1v) is 5.62. The summed E-state index contributed by atoms with van der Waals surface area (Å²) in [4.78, 5) is 0. The maximum atomic E-state index is 13.3. The molecular weight excluding hydrogens is 224 g/mol. The van der Waals surface area contributed by atoms with Gasteiger partial charge in [0.1, 0.15) is 11.6 Å². The Bertz CT molecular complexity index is 354. The Hall–Kier alpha value is -1.00. The largest absolute Gasteiger partial charge is 0.374 e. The highest BCUT2D eigenvalue weighted by Gasteiger charge is 2.16. The monoisotopic (exact) mass is 243 g/mol. The fourth-order valence-corrected chi connectivity index (χ4v) is 1.41. The Morgan fingerprint density at radius 1 is 1.24 bits per heavy atom. The smallest absolute Gasteiger partial charge is 0.129 e. The number of ether oxygens (including phenoxy) is 1. The van der Waals surface area contributed by atoms with E-state index in [0.717, 1.165) is 0 Å². The van der Waals surface area contributed by atoms with Gasteiger partial charge in [-0.05, 0) is 39.3 Å². The molecule has 1 rings (SSSR count). The molecule has 1 atom stereocenters. The van der Waals surface area contributed by atoms with Crippen molar-refractivity contribution in [1.82, 2.24) is 0 Å². The second-order valence-electron chi connectivity index (χ2n) is 5.09. The lowest BCUT2D eigenvalue weighted by molar-refractivity contribution is -0.00996. The summed E-state index contributed by atoms with van der Waals surface area (Å²) in [5.74, 6) is -1.12.